The van der Waals surface area contributed by atoms with Gasteiger partial charge in [-0.2, -0.15) is 0 Å². The molecule has 0 radical (unpaired) electrons. The summed E-state index contributed by atoms with van der Waals surface area (Å²) >= 11 is 7.57. The molecule has 0 fully saturated rings. The van der Waals surface area contributed by atoms with E-state index in [1.807, 2.05) is 5.38 Å². The third kappa shape index (κ3) is 2.84. The zero-order chi connectivity index (χ0) is 8.48. The summed E-state index contributed by atoms with van der Waals surface area (Å²) in [5, 5.41) is 2.05. The van der Waals surface area contributed by atoms with Crippen LogP contribution in [0.15, 0.2) is 11.4 Å². The van der Waals surface area contributed by atoms with Crippen LogP contribution in [0.3, 0.4) is 0 Å². The van der Waals surface area contributed by atoms with Crippen LogP contribution in [0.25, 0.3) is 0 Å². The molecule has 0 N–H and O–H groups in total. The Hall–Kier alpha value is -0.0100. The van der Waals surface area contributed by atoms with E-state index in [0.29, 0.717) is 5.41 Å². The van der Waals surface area contributed by atoms with E-state index < -0.39 is 0 Å². The molecule has 1 aromatic rings. The van der Waals surface area contributed by atoms with Gasteiger partial charge in [-0.3, -0.25) is 0 Å². The van der Waals surface area contributed by atoms with Crippen LogP contribution < -0.4 is 0 Å². The molecule has 0 spiro atoms. The van der Waals surface area contributed by atoms with E-state index in [1.54, 1.807) is 11.3 Å². The molecule has 0 aliphatic rings. The highest BCUT2D eigenvalue weighted by molar-refractivity contribution is 7.14. The van der Waals surface area contributed by atoms with Gasteiger partial charge < -0.3 is 0 Å². The molecule has 0 aliphatic carbocycles. The van der Waals surface area contributed by atoms with Crippen LogP contribution in [0.1, 0.15) is 26.3 Å². The molecule has 0 aromatic carbocycles. The van der Waals surface area contributed by atoms with Crippen molar-refractivity contribution in [1.82, 2.24) is 0 Å². The molecule has 0 unspecified atom stereocenters. The lowest BCUT2D eigenvalue weighted by molar-refractivity contribution is 0.412. The summed E-state index contributed by atoms with van der Waals surface area (Å²) in [5.41, 5.74) is 1.62. The Morgan fingerprint density at radius 2 is 2.09 bits per heavy atom. The lowest BCUT2D eigenvalue weighted by Gasteiger charge is -2.16. The monoisotopic (exact) mass is 188 g/mol. The van der Waals surface area contributed by atoms with Gasteiger partial charge in [0, 0.05) is 0 Å². The van der Waals surface area contributed by atoms with Gasteiger partial charge in [0.05, 0.1) is 4.34 Å². The van der Waals surface area contributed by atoms with E-state index in [0.717, 1.165) is 10.8 Å². The van der Waals surface area contributed by atoms with E-state index in [4.69, 9.17) is 11.6 Å². The summed E-state index contributed by atoms with van der Waals surface area (Å²) < 4.78 is 0.944. The van der Waals surface area contributed by atoms with Gasteiger partial charge in [-0.15, -0.1) is 11.3 Å². The standard InChI is InChI=1S/C9H13ClS/c1-9(2,3)6-7-4-5-11-8(7)10/h4-5H,6H2,1-3H3. The average molecular weight is 189 g/mol. The Balaban J connectivity index is 2.72. The SMILES string of the molecule is CC(C)(C)Cc1ccsc1Cl. The molecule has 0 bridgehead atoms. The topological polar surface area (TPSA) is 0 Å². The minimum Gasteiger partial charge on any atom is -0.132 e. The van der Waals surface area contributed by atoms with Crippen molar-refractivity contribution in [2.75, 3.05) is 0 Å². The molecule has 0 aliphatic heterocycles. The number of hydrogen-bond acceptors (Lipinski definition) is 1. The van der Waals surface area contributed by atoms with Crippen molar-refractivity contribution in [3.63, 3.8) is 0 Å². The molecule has 1 heterocycles. The van der Waals surface area contributed by atoms with E-state index in [2.05, 4.69) is 26.8 Å². The second-order valence-corrected chi connectivity index (χ2v) is 5.48. The van der Waals surface area contributed by atoms with Crippen molar-refractivity contribution >= 4 is 22.9 Å². The molecule has 0 saturated carbocycles. The maximum Gasteiger partial charge on any atom is 0.0960 e. The largest absolute Gasteiger partial charge is 0.132 e. The molecule has 0 amide bonds. The summed E-state index contributed by atoms with van der Waals surface area (Å²) in [6.07, 6.45) is 1.06. The molecule has 0 saturated heterocycles. The Morgan fingerprint density at radius 1 is 1.45 bits per heavy atom. The summed E-state index contributed by atoms with van der Waals surface area (Å²) in [7, 11) is 0. The van der Waals surface area contributed by atoms with E-state index >= 15 is 0 Å². The van der Waals surface area contributed by atoms with Crippen LogP contribution in [-0.2, 0) is 6.42 Å². The molecular formula is C9H13ClS. The van der Waals surface area contributed by atoms with Gasteiger partial charge in [-0.25, -0.2) is 0 Å². The third-order valence-corrected chi connectivity index (χ3v) is 2.67. The van der Waals surface area contributed by atoms with Crippen molar-refractivity contribution in [3.8, 4) is 0 Å². The van der Waals surface area contributed by atoms with Crippen LogP contribution in [0, 0.1) is 5.41 Å². The lowest BCUT2D eigenvalue weighted by atomic mass is 9.89. The molecule has 0 atom stereocenters. The highest BCUT2D eigenvalue weighted by atomic mass is 35.5. The second kappa shape index (κ2) is 3.16. The normalized spacial score (nSPS) is 12.0. The van der Waals surface area contributed by atoms with Crippen LogP contribution in [-0.4, -0.2) is 0 Å². The maximum absolute atomic E-state index is 5.96. The predicted molar refractivity (Wildman–Crippen MR) is 52.5 cm³/mol. The Kier molecular flexibility index (Phi) is 2.61. The quantitative estimate of drug-likeness (QED) is 0.625. The van der Waals surface area contributed by atoms with Gasteiger partial charge in [0.2, 0.25) is 0 Å². The molecular weight excluding hydrogens is 176 g/mol. The molecule has 11 heavy (non-hydrogen) atoms. The smallest absolute Gasteiger partial charge is 0.0960 e. The second-order valence-electron chi connectivity index (χ2n) is 3.96. The molecule has 1 rings (SSSR count). The first-order valence-corrected chi connectivity index (χ1v) is 4.97. The van der Waals surface area contributed by atoms with Gasteiger partial charge in [0.1, 0.15) is 0 Å². The van der Waals surface area contributed by atoms with Gasteiger partial charge in [-0.05, 0) is 28.8 Å². The summed E-state index contributed by atoms with van der Waals surface area (Å²) in [6.45, 7) is 6.67. The van der Waals surface area contributed by atoms with Gasteiger partial charge in [-0.1, -0.05) is 32.4 Å². The van der Waals surface area contributed by atoms with E-state index in [9.17, 15) is 0 Å². The highest BCUT2D eigenvalue weighted by Gasteiger charge is 2.13. The Labute approximate surface area is 77.2 Å². The average Bonchev–Trinajstić information content (AvgIpc) is 2.12. The fraction of sp³-hybridized carbons (Fsp3) is 0.556. The third-order valence-electron chi connectivity index (χ3n) is 1.41. The maximum atomic E-state index is 5.96. The number of halogens is 1. The summed E-state index contributed by atoms with van der Waals surface area (Å²) in [6, 6.07) is 2.11. The lowest BCUT2D eigenvalue weighted by Crippen LogP contribution is -2.08. The van der Waals surface area contributed by atoms with Gasteiger partial charge in [0.25, 0.3) is 0 Å². The number of rotatable bonds is 1. The van der Waals surface area contributed by atoms with Crippen molar-refractivity contribution in [3.05, 3.63) is 21.3 Å². The van der Waals surface area contributed by atoms with Crippen molar-refractivity contribution in [1.29, 1.82) is 0 Å². The number of hydrogen-bond donors (Lipinski definition) is 0. The van der Waals surface area contributed by atoms with Crippen LogP contribution in [0.2, 0.25) is 4.34 Å². The van der Waals surface area contributed by atoms with Gasteiger partial charge in [0.15, 0.2) is 0 Å². The highest BCUT2D eigenvalue weighted by Crippen LogP contribution is 2.29. The first-order valence-electron chi connectivity index (χ1n) is 3.71. The molecule has 2 heteroatoms. The van der Waals surface area contributed by atoms with Gasteiger partial charge >= 0.3 is 0 Å². The predicted octanol–water partition coefficient (Wildman–Crippen LogP) is 3.99. The fourth-order valence-corrected chi connectivity index (χ4v) is 1.94. The molecule has 62 valence electrons. The molecule has 1 aromatic heterocycles. The zero-order valence-electron chi connectivity index (χ0n) is 7.15. The van der Waals surface area contributed by atoms with Crippen molar-refractivity contribution < 1.29 is 0 Å². The van der Waals surface area contributed by atoms with Crippen molar-refractivity contribution in [2.45, 2.75) is 27.2 Å². The minimum absolute atomic E-state index is 0.338. The first-order chi connectivity index (χ1) is 4.99. The Morgan fingerprint density at radius 3 is 2.45 bits per heavy atom. The zero-order valence-corrected chi connectivity index (χ0v) is 8.72. The summed E-state index contributed by atoms with van der Waals surface area (Å²) in [4.78, 5) is 0. The minimum atomic E-state index is 0.338. The van der Waals surface area contributed by atoms with E-state index in [1.165, 1.54) is 5.56 Å². The summed E-state index contributed by atoms with van der Waals surface area (Å²) in [5.74, 6) is 0. The number of thiophene rings is 1. The van der Waals surface area contributed by atoms with Crippen LogP contribution in [0.5, 0.6) is 0 Å². The van der Waals surface area contributed by atoms with Crippen molar-refractivity contribution in [2.24, 2.45) is 5.41 Å². The van der Waals surface area contributed by atoms with E-state index in [-0.39, 0.29) is 0 Å². The first kappa shape index (κ1) is 9.08. The Bertz CT molecular complexity index is 232. The fourth-order valence-electron chi connectivity index (χ4n) is 1.02. The molecule has 0 nitrogen and oxygen atoms in total. The van der Waals surface area contributed by atoms with Crippen LogP contribution >= 0.6 is 22.9 Å². The van der Waals surface area contributed by atoms with Crippen LogP contribution in [0.4, 0.5) is 0 Å².